The third kappa shape index (κ3) is 7.57. The van der Waals surface area contributed by atoms with Crippen molar-refractivity contribution in [1.82, 2.24) is 10.9 Å². The summed E-state index contributed by atoms with van der Waals surface area (Å²) in [6.07, 6.45) is 0. The highest BCUT2D eigenvalue weighted by Gasteiger charge is 2.10. The third-order valence-electron chi connectivity index (χ3n) is 1.70. The first kappa shape index (κ1) is 16.7. The van der Waals surface area contributed by atoms with E-state index in [2.05, 4.69) is 10.9 Å². The van der Waals surface area contributed by atoms with Gasteiger partial charge in [-0.05, 0) is 18.6 Å². The topological polar surface area (TPSA) is 178 Å². The van der Waals surface area contributed by atoms with Gasteiger partial charge >= 0.3 is 0 Å². The Kier molecular flexibility index (Phi) is 6.30. The number of nitrogens with one attached hydrogen (secondary N) is 4. The molecule has 10 heteroatoms. The number of benzene rings is 1. The highest BCUT2D eigenvalue weighted by Crippen LogP contribution is 2.12. The van der Waals surface area contributed by atoms with Crippen LogP contribution in [0.4, 0.5) is 0 Å². The molecule has 0 radical (unpaired) electrons. The van der Waals surface area contributed by atoms with Crippen LogP contribution < -0.4 is 22.3 Å². The van der Waals surface area contributed by atoms with Gasteiger partial charge in [-0.3, -0.25) is 26.2 Å². The monoisotopic (exact) mass is 288 g/mol. The maximum Gasteiger partial charge on any atom is 0.294 e. The van der Waals surface area contributed by atoms with E-state index in [1.54, 1.807) is 25.1 Å². The fraction of sp³-hybridized carbons (Fsp3) is 0.111. The molecule has 0 saturated heterocycles. The molecule has 0 amide bonds. The van der Waals surface area contributed by atoms with Gasteiger partial charge in [0.2, 0.25) is 11.9 Å². The van der Waals surface area contributed by atoms with E-state index in [1.165, 1.54) is 6.07 Å². The zero-order chi connectivity index (χ0) is 15.1. The molecular weight excluding hydrogens is 272 g/mol. The van der Waals surface area contributed by atoms with E-state index >= 15 is 0 Å². The second kappa shape index (κ2) is 7.18. The number of hydrogen-bond donors (Lipinski definition) is 7. The molecule has 0 heterocycles. The molecule has 0 aliphatic heterocycles. The summed E-state index contributed by atoms with van der Waals surface area (Å²) in [5.41, 5.74) is 14.4. The lowest BCUT2D eigenvalue weighted by atomic mass is 10.2. The molecule has 19 heavy (non-hydrogen) atoms. The van der Waals surface area contributed by atoms with Crippen LogP contribution in [0.15, 0.2) is 29.2 Å². The van der Waals surface area contributed by atoms with Crippen LogP contribution in [0.2, 0.25) is 0 Å². The van der Waals surface area contributed by atoms with Crippen molar-refractivity contribution in [3.05, 3.63) is 29.8 Å². The van der Waals surface area contributed by atoms with E-state index in [9.17, 15) is 8.42 Å². The summed E-state index contributed by atoms with van der Waals surface area (Å²) in [6, 6.07) is 6.27. The maximum absolute atomic E-state index is 10.6. The Morgan fingerprint density at radius 1 is 1.16 bits per heavy atom. The summed E-state index contributed by atoms with van der Waals surface area (Å²) in [5, 5.41) is 13.1. The molecule has 0 unspecified atom stereocenters. The molecule has 0 bridgehead atoms. The number of hydrazine groups is 1. The van der Waals surface area contributed by atoms with E-state index in [0.29, 0.717) is 5.56 Å². The predicted octanol–water partition coefficient (Wildman–Crippen LogP) is -0.891. The summed E-state index contributed by atoms with van der Waals surface area (Å²) in [5.74, 6) is -0.555. The van der Waals surface area contributed by atoms with E-state index in [4.69, 9.17) is 26.8 Å². The van der Waals surface area contributed by atoms with Crippen molar-refractivity contribution in [2.24, 2.45) is 11.5 Å². The van der Waals surface area contributed by atoms with Crippen molar-refractivity contribution in [1.29, 1.82) is 10.8 Å². The molecule has 0 saturated carbocycles. The number of hydrogen-bond acceptors (Lipinski definition) is 4. The zero-order valence-electron chi connectivity index (χ0n) is 10.1. The summed E-state index contributed by atoms with van der Waals surface area (Å²) in [7, 11) is -4.03. The van der Waals surface area contributed by atoms with Gasteiger partial charge in [0.1, 0.15) is 0 Å². The average Bonchev–Trinajstić information content (AvgIpc) is 2.26. The van der Waals surface area contributed by atoms with Gasteiger partial charge in [-0.2, -0.15) is 8.42 Å². The summed E-state index contributed by atoms with van der Waals surface area (Å²) in [4.78, 5) is -0.0278. The number of nitrogens with two attached hydrogens (primary N) is 2. The summed E-state index contributed by atoms with van der Waals surface area (Å²) >= 11 is 0. The molecule has 1 rings (SSSR count). The van der Waals surface area contributed by atoms with Crippen LogP contribution in [0.25, 0.3) is 0 Å². The Morgan fingerprint density at radius 2 is 1.58 bits per heavy atom. The normalized spacial score (nSPS) is 9.79. The molecule has 106 valence electrons. The highest BCUT2D eigenvalue weighted by molar-refractivity contribution is 7.85. The van der Waals surface area contributed by atoms with Gasteiger partial charge in [0.05, 0.1) is 4.90 Å². The lowest BCUT2D eigenvalue weighted by Crippen LogP contribution is -2.47. The molecule has 1 aromatic carbocycles. The molecule has 9 N–H and O–H groups in total. The fourth-order valence-corrected chi connectivity index (χ4v) is 1.71. The lowest BCUT2D eigenvalue weighted by molar-refractivity contribution is 0.482. The molecule has 0 fully saturated rings. The van der Waals surface area contributed by atoms with Crippen LogP contribution in [-0.2, 0) is 10.1 Å². The molecule has 0 aromatic heterocycles. The van der Waals surface area contributed by atoms with Crippen LogP contribution in [0.3, 0.4) is 0 Å². The van der Waals surface area contributed by atoms with Gasteiger partial charge in [0.25, 0.3) is 10.1 Å². The van der Waals surface area contributed by atoms with Crippen molar-refractivity contribution >= 4 is 22.0 Å². The third-order valence-corrected chi connectivity index (χ3v) is 2.72. The number of rotatable bonds is 1. The lowest BCUT2D eigenvalue weighted by Gasteiger charge is -2.02. The summed E-state index contributed by atoms with van der Waals surface area (Å²) < 4.78 is 29.9. The Hall–Kier alpha value is -2.33. The molecule has 0 atom stereocenters. The zero-order valence-corrected chi connectivity index (χ0v) is 11.0. The standard InChI is InChI=1S/C7H8O3S.C2H8N6/c1-6-4-2-3-5-7(6)11(8,9)10;3-1(4)7-8-2(5)6/h2-5H,1H3,(H,8,9,10);(H4,3,4,7)(H4,5,6,8). The number of guanidine groups is 2. The summed E-state index contributed by atoms with van der Waals surface area (Å²) in [6.45, 7) is 1.63. The quantitative estimate of drug-likeness (QED) is 0.151. The van der Waals surface area contributed by atoms with E-state index in [0.717, 1.165) is 0 Å². The van der Waals surface area contributed by atoms with Gasteiger partial charge in [-0.15, -0.1) is 0 Å². The van der Waals surface area contributed by atoms with Gasteiger partial charge in [0, 0.05) is 0 Å². The molecule has 0 aliphatic carbocycles. The SMILES string of the molecule is Cc1ccccc1S(=O)(=O)O.N=C(N)NNC(=N)N. The maximum atomic E-state index is 10.6. The van der Waals surface area contributed by atoms with Gasteiger partial charge in [-0.1, -0.05) is 18.2 Å². The van der Waals surface area contributed by atoms with Crippen molar-refractivity contribution in [3.63, 3.8) is 0 Å². The second-order valence-corrected chi connectivity index (χ2v) is 4.71. The van der Waals surface area contributed by atoms with Crippen LogP contribution in [0.5, 0.6) is 0 Å². The van der Waals surface area contributed by atoms with Gasteiger partial charge < -0.3 is 11.5 Å². The van der Waals surface area contributed by atoms with Crippen LogP contribution in [0.1, 0.15) is 5.56 Å². The van der Waals surface area contributed by atoms with E-state index < -0.39 is 10.1 Å². The van der Waals surface area contributed by atoms with Crippen molar-refractivity contribution in [2.75, 3.05) is 0 Å². The Bertz CT molecular complexity index is 543. The minimum Gasteiger partial charge on any atom is -0.369 e. The van der Waals surface area contributed by atoms with E-state index in [-0.39, 0.29) is 16.8 Å². The first-order valence-electron chi connectivity index (χ1n) is 4.87. The largest absolute Gasteiger partial charge is 0.369 e. The van der Waals surface area contributed by atoms with Crippen molar-refractivity contribution in [2.45, 2.75) is 11.8 Å². The minimum absolute atomic E-state index is 0.0278. The van der Waals surface area contributed by atoms with E-state index in [1.807, 2.05) is 0 Å². The second-order valence-electron chi connectivity index (χ2n) is 3.32. The fourth-order valence-electron chi connectivity index (χ4n) is 0.981. The highest BCUT2D eigenvalue weighted by atomic mass is 32.2. The predicted molar refractivity (Wildman–Crippen MR) is 71.1 cm³/mol. The molecule has 0 spiro atoms. The Labute approximate surface area is 110 Å². The smallest absolute Gasteiger partial charge is 0.294 e. The van der Waals surface area contributed by atoms with Crippen LogP contribution in [-0.4, -0.2) is 24.9 Å². The van der Waals surface area contributed by atoms with Crippen molar-refractivity contribution in [3.8, 4) is 0 Å². The van der Waals surface area contributed by atoms with Crippen LogP contribution in [0, 0.1) is 17.7 Å². The Balaban J connectivity index is 0.000000362. The molecule has 1 aromatic rings. The van der Waals surface area contributed by atoms with Gasteiger partial charge in [0.15, 0.2) is 0 Å². The molecule has 0 aliphatic rings. The number of aryl methyl sites for hydroxylation is 1. The average molecular weight is 288 g/mol. The molecule has 9 nitrogen and oxygen atoms in total. The van der Waals surface area contributed by atoms with Crippen molar-refractivity contribution < 1.29 is 13.0 Å². The Morgan fingerprint density at radius 3 is 1.84 bits per heavy atom. The molecular formula is C9H16N6O3S. The van der Waals surface area contributed by atoms with Crippen LogP contribution >= 0.6 is 0 Å². The first-order chi connectivity index (χ1) is 8.64. The minimum atomic E-state index is -4.03. The first-order valence-corrected chi connectivity index (χ1v) is 6.31. The van der Waals surface area contributed by atoms with Gasteiger partial charge in [-0.25, -0.2) is 0 Å².